The number of aliphatic carboxylic acids is 1. The van der Waals surface area contributed by atoms with Crippen LogP contribution in [0.2, 0.25) is 0 Å². The van der Waals surface area contributed by atoms with E-state index in [1.165, 1.54) is 11.2 Å². The number of carbonyl (C=O) groups is 2. The van der Waals surface area contributed by atoms with E-state index in [1.807, 2.05) is 0 Å². The number of likely N-dealkylation sites (tertiary alicyclic amines) is 1. The Morgan fingerprint density at radius 1 is 1.62 bits per heavy atom. The molecule has 0 radical (unpaired) electrons. The number of urea groups is 1. The van der Waals surface area contributed by atoms with Crippen molar-refractivity contribution in [1.29, 1.82) is 0 Å². The summed E-state index contributed by atoms with van der Waals surface area (Å²) in [7, 11) is 1.55. The van der Waals surface area contributed by atoms with Crippen molar-refractivity contribution in [2.45, 2.75) is 18.9 Å². The van der Waals surface area contributed by atoms with E-state index in [2.05, 4.69) is 5.32 Å². The summed E-state index contributed by atoms with van der Waals surface area (Å²) in [6.07, 6.45) is 2.84. The van der Waals surface area contributed by atoms with E-state index in [-0.39, 0.29) is 25.2 Å². The van der Waals surface area contributed by atoms with Crippen molar-refractivity contribution >= 4 is 12.0 Å². The Labute approximate surface area is 122 Å². The molecule has 0 aliphatic carbocycles. The highest BCUT2D eigenvalue weighted by molar-refractivity contribution is 5.76. The number of amides is 2. The number of methoxy groups -OCH3 is 1. The summed E-state index contributed by atoms with van der Waals surface area (Å²) in [6.45, 7) is 1.09. The first-order valence-corrected chi connectivity index (χ1v) is 6.92. The van der Waals surface area contributed by atoms with E-state index in [9.17, 15) is 9.59 Å². The van der Waals surface area contributed by atoms with Crippen molar-refractivity contribution < 1.29 is 23.8 Å². The second-order valence-electron chi connectivity index (χ2n) is 5.10. The summed E-state index contributed by atoms with van der Waals surface area (Å²) in [5.74, 6) is -0.738. The third-order valence-electron chi connectivity index (χ3n) is 3.58. The summed E-state index contributed by atoms with van der Waals surface area (Å²) < 4.78 is 10.4. The van der Waals surface area contributed by atoms with Crippen LogP contribution in [0, 0.1) is 5.92 Å². The van der Waals surface area contributed by atoms with Crippen molar-refractivity contribution in [1.82, 2.24) is 10.2 Å². The minimum atomic E-state index is -0.855. The highest BCUT2D eigenvalue weighted by Gasteiger charge is 2.29. The lowest BCUT2D eigenvalue weighted by molar-refractivity contribution is -0.143. The van der Waals surface area contributed by atoms with Gasteiger partial charge >= 0.3 is 12.0 Å². The first-order chi connectivity index (χ1) is 10.1. The quantitative estimate of drug-likeness (QED) is 0.858. The number of carboxylic acids is 1. The van der Waals surface area contributed by atoms with Crippen molar-refractivity contribution in [2.75, 3.05) is 26.8 Å². The van der Waals surface area contributed by atoms with Gasteiger partial charge in [-0.15, -0.1) is 0 Å². The maximum atomic E-state index is 12.3. The molecule has 1 saturated heterocycles. The van der Waals surface area contributed by atoms with Gasteiger partial charge in [0.1, 0.15) is 11.8 Å². The van der Waals surface area contributed by atoms with Gasteiger partial charge in [-0.1, -0.05) is 0 Å². The Hall–Kier alpha value is -2.02. The van der Waals surface area contributed by atoms with Gasteiger partial charge in [-0.05, 0) is 25.0 Å². The van der Waals surface area contributed by atoms with Crippen molar-refractivity contribution in [3.8, 4) is 0 Å². The van der Waals surface area contributed by atoms with Gasteiger partial charge in [0.05, 0.1) is 18.8 Å². The van der Waals surface area contributed by atoms with Crippen molar-refractivity contribution in [3.05, 3.63) is 24.2 Å². The fourth-order valence-electron chi connectivity index (χ4n) is 2.45. The monoisotopic (exact) mass is 296 g/mol. The summed E-state index contributed by atoms with van der Waals surface area (Å²) >= 11 is 0. The normalized spacial score (nSPS) is 20.0. The molecule has 1 aromatic rings. The van der Waals surface area contributed by atoms with Gasteiger partial charge in [-0.25, -0.2) is 4.79 Å². The number of carbonyl (C=O) groups excluding carboxylic acids is 1. The van der Waals surface area contributed by atoms with Crippen LogP contribution in [0.15, 0.2) is 22.8 Å². The summed E-state index contributed by atoms with van der Waals surface area (Å²) in [5, 5.41) is 11.9. The molecule has 116 valence electrons. The molecule has 2 N–H and O–H groups in total. The minimum absolute atomic E-state index is 0.235. The lowest BCUT2D eigenvalue weighted by Gasteiger charge is -2.31. The van der Waals surface area contributed by atoms with E-state index in [0.717, 1.165) is 0 Å². The van der Waals surface area contributed by atoms with E-state index < -0.39 is 11.9 Å². The molecule has 1 aliphatic rings. The number of nitrogens with one attached hydrogen (secondary N) is 1. The van der Waals surface area contributed by atoms with Crippen LogP contribution in [0.1, 0.15) is 24.6 Å². The zero-order valence-corrected chi connectivity index (χ0v) is 11.9. The smallest absolute Gasteiger partial charge is 0.318 e. The molecule has 1 aliphatic heterocycles. The minimum Gasteiger partial charge on any atom is -0.481 e. The van der Waals surface area contributed by atoms with Gasteiger partial charge in [0.2, 0.25) is 0 Å². The van der Waals surface area contributed by atoms with Gasteiger partial charge in [0, 0.05) is 20.2 Å². The van der Waals surface area contributed by atoms with Crippen LogP contribution in [-0.2, 0) is 9.53 Å². The Kier molecular flexibility index (Phi) is 5.21. The number of hydrogen-bond acceptors (Lipinski definition) is 4. The second kappa shape index (κ2) is 7.12. The summed E-state index contributed by atoms with van der Waals surface area (Å²) in [6, 6.07) is 2.83. The molecule has 2 rings (SSSR count). The summed E-state index contributed by atoms with van der Waals surface area (Å²) in [5.41, 5.74) is 0. The maximum absolute atomic E-state index is 12.3. The first-order valence-electron chi connectivity index (χ1n) is 6.92. The van der Waals surface area contributed by atoms with Gasteiger partial charge in [-0.3, -0.25) is 4.79 Å². The Morgan fingerprint density at radius 2 is 2.43 bits per heavy atom. The molecular weight excluding hydrogens is 276 g/mol. The highest BCUT2D eigenvalue weighted by Crippen LogP contribution is 2.19. The molecule has 2 unspecified atom stereocenters. The van der Waals surface area contributed by atoms with Crippen LogP contribution < -0.4 is 5.32 Å². The van der Waals surface area contributed by atoms with Crippen molar-refractivity contribution in [3.63, 3.8) is 0 Å². The first kappa shape index (κ1) is 15.4. The van der Waals surface area contributed by atoms with Gasteiger partial charge in [0.25, 0.3) is 0 Å². The molecule has 0 aromatic carbocycles. The number of carboxylic acid groups (broad SMARTS) is 1. The Balaban J connectivity index is 1.97. The Morgan fingerprint density at radius 3 is 3.05 bits per heavy atom. The SMILES string of the molecule is COCC(NC(=O)N1CCCC(C(=O)O)C1)c1ccco1. The average Bonchev–Trinajstić information content (AvgIpc) is 3.01. The molecule has 2 amide bonds. The number of hydrogen-bond donors (Lipinski definition) is 2. The number of ether oxygens (including phenoxy) is 1. The Bertz CT molecular complexity index is 474. The third-order valence-corrected chi connectivity index (χ3v) is 3.58. The van der Waals surface area contributed by atoms with Gasteiger partial charge in [-0.2, -0.15) is 0 Å². The number of piperidine rings is 1. The second-order valence-corrected chi connectivity index (χ2v) is 5.10. The fraction of sp³-hybridized carbons (Fsp3) is 0.571. The van der Waals surface area contributed by atoms with Gasteiger partial charge in [0.15, 0.2) is 0 Å². The molecular formula is C14H20N2O5. The lowest BCUT2D eigenvalue weighted by atomic mass is 9.99. The number of nitrogens with zero attached hydrogens (tertiary/aromatic N) is 1. The van der Waals surface area contributed by atoms with Crippen LogP contribution in [-0.4, -0.2) is 48.8 Å². The molecule has 1 fully saturated rings. The highest BCUT2D eigenvalue weighted by atomic mass is 16.5. The van der Waals surface area contributed by atoms with E-state index in [1.54, 1.807) is 19.2 Å². The topological polar surface area (TPSA) is 92.0 Å². The van der Waals surface area contributed by atoms with Gasteiger partial charge < -0.3 is 24.5 Å². The molecule has 21 heavy (non-hydrogen) atoms. The third kappa shape index (κ3) is 3.98. The predicted molar refractivity (Wildman–Crippen MR) is 73.8 cm³/mol. The maximum Gasteiger partial charge on any atom is 0.318 e. The lowest BCUT2D eigenvalue weighted by Crippen LogP contribution is -2.48. The van der Waals surface area contributed by atoms with Crippen LogP contribution in [0.25, 0.3) is 0 Å². The molecule has 7 heteroatoms. The largest absolute Gasteiger partial charge is 0.481 e. The fourth-order valence-corrected chi connectivity index (χ4v) is 2.45. The molecule has 2 atom stereocenters. The van der Waals surface area contributed by atoms with Crippen molar-refractivity contribution in [2.24, 2.45) is 5.92 Å². The van der Waals surface area contributed by atoms with Crippen LogP contribution in [0.3, 0.4) is 0 Å². The van der Waals surface area contributed by atoms with Crippen LogP contribution in [0.5, 0.6) is 0 Å². The number of rotatable bonds is 5. The predicted octanol–water partition coefficient (Wildman–Crippen LogP) is 1.47. The van der Waals surface area contributed by atoms with E-state index in [4.69, 9.17) is 14.3 Å². The molecule has 0 saturated carbocycles. The zero-order chi connectivity index (χ0) is 15.2. The molecule has 1 aromatic heterocycles. The summed E-state index contributed by atoms with van der Waals surface area (Å²) in [4.78, 5) is 24.8. The average molecular weight is 296 g/mol. The standard InChI is InChI=1S/C14H20N2O5/c1-20-9-11(12-5-3-7-21-12)15-14(19)16-6-2-4-10(8-16)13(17)18/h3,5,7,10-11H,2,4,6,8-9H2,1H3,(H,15,19)(H,17,18). The molecule has 7 nitrogen and oxygen atoms in total. The van der Waals surface area contributed by atoms with E-state index in [0.29, 0.717) is 25.1 Å². The van der Waals surface area contributed by atoms with Crippen LogP contribution >= 0.6 is 0 Å². The number of furan rings is 1. The zero-order valence-electron chi connectivity index (χ0n) is 11.9. The molecule has 0 spiro atoms. The van der Waals surface area contributed by atoms with Crippen LogP contribution in [0.4, 0.5) is 4.79 Å². The molecule has 2 heterocycles. The van der Waals surface area contributed by atoms with E-state index >= 15 is 0 Å². The molecule has 0 bridgehead atoms.